The fourth-order valence-electron chi connectivity index (χ4n) is 3.15. The molecule has 1 N–H and O–H groups in total. The number of methoxy groups -OCH3 is 1. The zero-order chi connectivity index (χ0) is 17.5. The molecule has 1 aliphatic rings. The molecule has 0 radical (unpaired) electrons. The first-order valence-corrected chi connectivity index (χ1v) is 8.47. The first-order valence-electron chi connectivity index (χ1n) is 8.47. The van der Waals surface area contributed by atoms with Crippen molar-refractivity contribution in [1.29, 1.82) is 0 Å². The first kappa shape index (κ1) is 18.3. The van der Waals surface area contributed by atoms with Crippen LogP contribution in [0, 0.1) is 0 Å². The molecule has 132 valence electrons. The summed E-state index contributed by atoms with van der Waals surface area (Å²) in [5.74, 6) is -0.189. The molecule has 2 rings (SSSR count). The first-order chi connectivity index (χ1) is 11.5. The zero-order valence-corrected chi connectivity index (χ0v) is 14.4. The Morgan fingerprint density at radius 2 is 1.83 bits per heavy atom. The predicted octanol–water partition coefficient (Wildman–Crippen LogP) is -0.596. The van der Waals surface area contributed by atoms with Gasteiger partial charge in [0, 0.05) is 18.0 Å². The van der Waals surface area contributed by atoms with E-state index >= 15 is 0 Å². The molecule has 1 amide bonds. The van der Waals surface area contributed by atoms with E-state index in [9.17, 15) is 14.7 Å². The molecule has 1 atom stereocenters. The van der Waals surface area contributed by atoms with E-state index in [4.69, 9.17) is 4.74 Å². The van der Waals surface area contributed by atoms with E-state index < -0.39 is 5.97 Å². The maximum absolute atomic E-state index is 12.1. The monoisotopic (exact) mass is 334 g/mol. The summed E-state index contributed by atoms with van der Waals surface area (Å²) < 4.78 is 5.19. The van der Waals surface area contributed by atoms with Crippen LogP contribution in [-0.4, -0.2) is 50.1 Å². The van der Waals surface area contributed by atoms with E-state index in [-0.39, 0.29) is 18.7 Å². The van der Waals surface area contributed by atoms with Gasteiger partial charge in [-0.15, -0.1) is 0 Å². The second-order valence-electron chi connectivity index (χ2n) is 6.26. The largest absolute Gasteiger partial charge is 0.550 e. The van der Waals surface area contributed by atoms with Gasteiger partial charge in [0.2, 0.25) is 5.91 Å². The van der Waals surface area contributed by atoms with Crippen molar-refractivity contribution in [2.24, 2.45) is 0 Å². The van der Waals surface area contributed by atoms with E-state index in [0.717, 1.165) is 31.9 Å². The summed E-state index contributed by atoms with van der Waals surface area (Å²) in [6.07, 6.45) is 0.597. The molecule has 1 aromatic rings. The summed E-state index contributed by atoms with van der Waals surface area (Å²) in [6, 6.07) is 8.50. The normalized spacial score (nSPS) is 16.7. The Morgan fingerprint density at radius 1 is 1.21 bits per heavy atom. The Kier molecular flexibility index (Phi) is 6.61. The van der Waals surface area contributed by atoms with Gasteiger partial charge in [-0.05, 0) is 44.0 Å². The molecule has 1 aromatic carbocycles. The SMILES string of the molecule is COc1ccc([C@H](C)[NH+]2CCN(C(=O)CCCC(=O)[O-])CC2)cc1. The third-order valence-electron chi connectivity index (χ3n) is 4.76. The van der Waals surface area contributed by atoms with Crippen molar-refractivity contribution in [2.45, 2.75) is 32.2 Å². The predicted molar refractivity (Wildman–Crippen MR) is 87.5 cm³/mol. The quantitative estimate of drug-likeness (QED) is 0.723. The van der Waals surface area contributed by atoms with Gasteiger partial charge in [0.25, 0.3) is 0 Å². The van der Waals surface area contributed by atoms with Crippen LogP contribution in [0.1, 0.15) is 37.8 Å². The summed E-state index contributed by atoms with van der Waals surface area (Å²) >= 11 is 0. The molecule has 0 saturated carbocycles. The van der Waals surface area contributed by atoms with E-state index in [1.54, 1.807) is 7.11 Å². The number of hydrogen-bond donors (Lipinski definition) is 1. The second-order valence-corrected chi connectivity index (χ2v) is 6.26. The molecule has 1 aliphatic heterocycles. The van der Waals surface area contributed by atoms with Crippen molar-refractivity contribution in [3.05, 3.63) is 29.8 Å². The number of benzene rings is 1. The van der Waals surface area contributed by atoms with Crippen LogP contribution in [0.4, 0.5) is 0 Å². The smallest absolute Gasteiger partial charge is 0.222 e. The topological polar surface area (TPSA) is 74.1 Å². The number of carboxylic acid groups (broad SMARTS) is 1. The Labute approximate surface area is 143 Å². The number of piperazine rings is 1. The van der Waals surface area contributed by atoms with Gasteiger partial charge >= 0.3 is 0 Å². The molecule has 0 bridgehead atoms. The van der Waals surface area contributed by atoms with Crippen LogP contribution in [-0.2, 0) is 9.59 Å². The number of carbonyl (C=O) groups excluding carboxylic acids is 2. The Bertz CT molecular complexity index is 551. The molecule has 1 fully saturated rings. The number of nitrogens with zero attached hydrogens (tertiary/aromatic N) is 1. The fraction of sp³-hybridized carbons (Fsp3) is 0.556. The van der Waals surface area contributed by atoms with Crippen LogP contribution in [0.2, 0.25) is 0 Å². The summed E-state index contributed by atoms with van der Waals surface area (Å²) in [5.41, 5.74) is 1.26. The molecular weight excluding hydrogens is 308 g/mol. The average molecular weight is 334 g/mol. The minimum atomic E-state index is -1.09. The highest BCUT2D eigenvalue weighted by atomic mass is 16.5. The summed E-state index contributed by atoms with van der Waals surface area (Å²) in [6.45, 7) is 5.45. The number of ether oxygens (including phenoxy) is 1. The van der Waals surface area contributed by atoms with Gasteiger partial charge in [-0.2, -0.15) is 0 Å². The van der Waals surface area contributed by atoms with Crippen molar-refractivity contribution in [2.75, 3.05) is 33.3 Å². The summed E-state index contributed by atoms with van der Waals surface area (Å²) in [4.78, 5) is 25.8. The molecule has 1 saturated heterocycles. The van der Waals surface area contributed by atoms with Crippen LogP contribution in [0.15, 0.2) is 24.3 Å². The van der Waals surface area contributed by atoms with E-state index in [0.29, 0.717) is 12.5 Å². The summed E-state index contributed by atoms with van der Waals surface area (Å²) in [7, 11) is 1.66. The number of rotatable bonds is 7. The van der Waals surface area contributed by atoms with Gasteiger partial charge in [0.1, 0.15) is 11.8 Å². The molecule has 0 aliphatic carbocycles. The standard InChI is InChI=1S/C18H26N2O4/c1-14(15-6-8-16(24-2)9-7-15)19-10-12-20(13-11-19)17(21)4-3-5-18(22)23/h6-9,14H,3-5,10-13H2,1-2H3,(H,22,23)/t14-/m0/s1. The lowest BCUT2D eigenvalue weighted by molar-refractivity contribution is -0.933. The second kappa shape index (κ2) is 8.68. The lowest BCUT2D eigenvalue weighted by Crippen LogP contribution is -3.14. The lowest BCUT2D eigenvalue weighted by atomic mass is 10.1. The number of aliphatic carboxylic acids is 1. The molecule has 0 unspecified atom stereocenters. The highest BCUT2D eigenvalue weighted by Crippen LogP contribution is 2.15. The number of quaternary nitrogens is 1. The molecule has 0 spiro atoms. The maximum atomic E-state index is 12.1. The molecule has 6 heteroatoms. The Morgan fingerprint density at radius 3 is 2.38 bits per heavy atom. The van der Waals surface area contributed by atoms with Crippen molar-refractivity contribution in [3.8, 4) is 5.75 Å². The van der Waals surface area contributed by atoms with Crippen molar-refractivity contribution < 1.29 is 24.3 Å². The molecule has 0 aromatic heterocycles. The maximum Gasteiger partial charge on any atom is 0.222 e. The molecule has 24 heavy (non-hydrogen) atoms. The number of amides is 1. The molecular formula is C18H26N2O4. The van der Waals surface area contributed by atoms with Crippen LogP contribution in [0.5, 0.6) is 5.75 Å². The highest BCUT2D eigenvalue weighted by molar-refractivity contribution is 5.76. The fourth-order valence-corrected chi connectivity index (χ4v) is 3.15. The van der Waals surface area contributed by atoms with Gasteiger partial charge in [0.15, 0.2) is 0 Å². The Balaban J connectivity index is 1.80. The third kappa shape index (κ3) is 4.96. The average Bonchev–Trinajstić information content (AvgIpc) is 2.61. The van der Waals surface area contributed by atoms with Gasteiger partial charge < -0.3 is 24.4 Å². The highest BCUT2D eigenvalue weighted by Gasteiger charge is 2.27. The van der Waals surface area contributed by atoms with Crippen LogP contribution in [0.3, 0.4) is 0 Å². The van der Waals surface area contributed by atoms with Crippen molar-refractivity contribution >= 4 is 11.9 Å². The van der Waals surface area contributed by atoms with Gasteiger partial charge in [-0.1, -0.05) is 0 Å². The van der Waals surface area contributed by atoms with E-state index in [1.807, 2.05) is 17.0 Å². The number of hydrogen-bond acceptors (Lipinski definition) is 4. The number of carbonyl (C=O) groups is 2. The minimum absolute atomic E-state index is 0.0485. The van der Waals surface area contributed by atoms with Gasteiger partial charge in [-0.3, -0.25) is 4.79 Å². The lowest BCUT2D eigenvalue weighted by Gasteiger charge is -2.35. The zero-order valence-electron chi connectivity index (χ0n) is 14.4. The third-order valence-corrected chi connectivity index (χ3v) is 4.76. The minimum Gasteiger partial charge on any atom is -0.550 e. The Hall–Kier alpha value is -2.08. The summed E-state index contributed by atoms with van der Waals surface area (Å²) in [5, 5.41) is 10.4. The van der Waals surface area contributed by atoms with Gasteiger partial charge in [-0.25, -0.2) is 0 Å². The van der Waals surface area contributed by atoms with Crippen LogP contribution >= 0.6 is 0 Å². The molecule has 6 nitrogen and oxygen atoms in total. The van der Waals surface area contributed by atoms with Crippen LogP contribution < -0.4 is 14.7 Å². The van der Waals surface area contributed by atoms with E-state index in [2.05, 4.69) is 19.1 Å². The number of carboxylic acids is 1. The van der Waals surface area contributed by atoms with E-state index in [1.165, 1.54) is 10.5 Å². The van der Waals surface area contributed by atoms with Crippen molar-refractivity contribution in [1.82, 2.24) is 4.90 Å². The van der Waals surface area contributed by atoms with Crippen molar-refractivity contribution in [3.63, 3.8) is 0 Å². The van der Waals surface area contributed by atoms with Crippen LogP contribution in [0.25, 0.3) is 0 Å². The van der Waals surface area contributed by atoms with Gasteiger partial charge in [0.05, 0.1) is 33.3 Å². The molecule has 1 heterocycles. The number of nitrogens with one attached hydrogen (secondary N) is 1.